The van der Waals surface area contributed by atoms with E-state index in [1.54, 1.807) is 6.92 Å². The van der Waals surface area contributed by atoms with Gasteiger partial charge in [-0.05, 0) is 18.6 Å². The SMILES string of the molecule is CCC(NC(=O)O)c1nc2cccc(F)c2c(=O)o1. The molecule has 2 aromatic rings. The van der Waals surface area contributed by atoms with Crippen LogP contribution in [0.3, 0.4) is 0 Å². The average Bonchev–Trinajstić information content (AvgIpc) is 2.35. The maximum atomic E-state index is 13.5. The second kappa shape index (κ2) is 5.05. The normalized spacial score (nSPS) is 12.3. The molecule has 0 saturated heterocycles. The minimum atomic E-state index is -1.25. The van der Waals surface area contributed by atoms with Gasteiger partial charge in [0.1, 0.15) is 17.2 Å². The number of carbonyl (C=O) groups is 1. The summed E-state index contributed by atoms with van der Waals surface area (Å²) in [5.41, 5.74) is -0.736. The van der Waals surface area contributed by atoms with Gasteiger partial charge in [-0.1, -0.05) is 13.0 Å². The molecule has 0 aliphatic rings. The van der Waals surface area contributed by atoms with E-state index in [4.69, 9.17) is 9.52 Å². The van der Waals surface area contributed by atoms with E-state index in [0.29, 0.717) is 6.42 Å². The topological polar surface area (TPSA) is 92.4 Å². The molecule has 6 nitrogen and oxygen atoms in total. The van der Waals surface area contributed by atoms with Gasteiger partial charge in [-0.3, -0.25) is 0 Å². The summed E-state index contributed by atoms with van der Waals surface area (Å²) in [7, 11) is 0. The first-order valence-electron chi connectivity index (χ1n) is 5.61. The van der Waals surface area contributed by atoms with Crippen LogP contribution in [0.2, 0.25) is 0 Å². The maximum absolute atomic E-state index is 13.5. The van der Waals surface area contributed by atoms with Crippen LogP contribution in [0.5, 0.6) is 0 Å². The molecule has 7 heteroatoms. The molecule has 100 valence electrons. The molecule has 1 aromatic carbocycles. The van der Waals surface area contributed by atoms with Crippen LogP contribution in [0, 0.1) is 5.82 Å². The standard InChI is InChI=1S/C12H11FN2O4/c1-2-7(15-12(17)18)10-14-8-5-3-4-6(13)9(8)11(16)19-10/h3-5,7,15H,2H2,1H3,(H,17,18). The smallest absolute Gasteiger partial charge is 0.405 e. The molecule has 19 heavy (non-hydrogen) atoms. The number of hydrogen-bond donors (Lipinski definition) is 2. The molecule has 2 rings (SSSR count). The van der Waals surface area contributed by atoms with Crippen molar-refractivity contribution in [3.05, 3.63) is 40.3 Å². The van der Waals surface area contributed by atoms with Crippen molar-refractivity contribution in [1.82, 2.24) is 10.3 Å². The fraction of sp³-hybridized carbons (Fsp3) is 0.250. The van der Waals surface area contributed by atoms with Gasteiger partial charge >= 0.3 is 11.7 Å². The van der Waals surface area contributed by atoms with Gasteiger partial charge in [0, 0.05) is 0 Å². The number of fused-ring (bicyclic) bond motifs is 1. The van der Waals surface area contributed by atoms with E-state index in [2.05, 4.69) is 10.3 Å². The third-order valence-electron chi connectivity index (χ3n) is 2.63. The van der Waals surface area contributed by atoms with Gasteiger partial charge in [0.2, 0.25) is 5.89 Å². The summed E-state index contributed by atoms with van der Waals surface area (Å²) in [6, 6.07) is 3.26. The number of aromatic nitrogens is 1. The van der Waals surface area contributed by atoms with E-state index in [-0.39, 0.29) is 16.8 Å². The van der Waals surface area contributed by atoms with Crippen molar-refractivity contribution in [3.63, 3.8) is 0 Å². The zero-order valence-electron chi connectivity index (χ0n) is 10.0. The first-order valence-corrected chi connectivity index (χ1v) is 5.61. The quantitative estimate of drug-likeness (QED) is 0.886. The molecule has 1 aromatic heterocycles. The number of halogens is 1. The van der Waals surface area contributed by atoms with Gasteiger partial charge in [0.15, 0.2) is 0 Å². The minimum Gasteiger partial charge on any atom is -0.465 e. The van der Waals surface area contributed by atoms with Gasteiger partial charge in [0.25, 0.3) is 0 Å². The first-order chi connectivity index (χ1) is 9.02. The van der Waals surface area contributed by atoms with Gasteiger partial charge < -0.3 is 14.8 Å². The second-order valence-corrected chi connectivity index (χ2v) is 3.88. The molecular weight excluding hydrogens is 255 g/mol. The Morgan fingerprint density at radius 1 is 1.58 bits per heavy atom. The highest BCUT2D eigenvalue weighted by atomic mass is 19.1. The van der Waals surface area contributed by atoms with Crippen LogP contribution in [0.25, 0.3) is 10.9 Å². The van der Waals surface area contributed by atoms with E-state index >= 15 is 0 Å². The Labute approximate surface area is 106 Å². The minimum absolute atomic E-state index is 0.0759. The Bertz CT molecular complexity index is 683. The predicted octanol–water partition coefficient (Wildman–Crippen LogP) is 2.05. The number of benzene rings is 1. The predicted molar refractivity (Wildman–Crippen MR) is 64.4 cm³/mol. The molecule has 0 radical (unpaired) electrons. The lowest BCUT2D eigenvalue weighted by molar-refractivity contribution is 0.186. The van der Waals surface area contributed by atoms with Crippen molar-refractivity contribution in [1.29, 1.82) is 0 Å². The Morgan fingerprint density at radius 3 is 2.95 bits per heavy atom. The zero-order chi connectivity index (χ0) is 14.0. The van der Waals surface area contributed by atoms with Gasteiger partial charge in [0.05, 0.1) is 5.52 Å². The third-order valence-corrected chi connectivity index (χ3v) is 2.63. The van der Waals surface area contributed by atoms with Crippen LogP contribution in [-0.4, -0.2) is 16.2 Å². The number of carboxylic acid groups (broad SMARTS) is 1. The summed E-state index contributed by atoms with van der Waals surface area (Å²) >= 11 is 0. The number of hydrogen-bond acceptors (Lipinski definition) is 4. The fourth-order valence-corrected chi connectivity index (χ4v) is 1.73. The lowest BCUT2D eigenvalue weighted by Crippen LogP contribution is -2.27. The van der Waals surface area contributed by atoms with Gasteiger partial charge in [-0.25, -0.2) is 19.0 Å². The molecule has 2 N–H and O–H groups in total. The molecule has 1 heterocycles. The summed E-state index contributed by atoms with van der Waals surface area (Å²) in [4.78, 5) is 26.3. The van der Waals surface area contributed by atoms with Crippen molar-refractivity contribution in [2.24, 2.45) is 0 Å². The third kappa shape index (κ3) is 2.54. The van der Waals surface area contributed by atoms with E-state index < -0.39 is 23.6 Å². The number of nitrogens with one attached hydrogen (secondary N) is 1. The zero-order valence-corrected chi connectivity index (χ0v) is 10.0. The van der Waals surface area contributed by atoms with Crippen molar-refractivity contribution >= 4 is 17.0 Å². The number of rotatable bonds is 3. The summed E-state index contributed by atoms with van der Waals surface area (Å²) in [5.74, 6) is -0.794. The van der Waals surface area contributed by atoms with E-state index in [0.717, 1.165) is 6.07 Å². The highest BCUT2D eigenvalue weighted by molar-refractivity contribution is 5.77. The molecule has 1 unspecified atom stereocenters. The molecule has 1 amide bonds. The summed E-state index contributed by atoms with van der Waals surface area (Å²) < 4.78 is 18.4. The lowest BCUT2D eigenvalue weighted by atomic mass is 10.2. The highest BCUT2D eigenvalue weighted by Gasteiger charge is 2.19. The molecule has 0 aliphatic heterocycles. The monoisotopic (exact) mass is 266 g/mol. The first kappa shape index (κ1) is 13.0. The molecule has 0 saturated carbocycles. The summed E-state index contributed by atoms with van der Waals surface area (Å²) in [5, 5.41) is 10.6. The maximum Gasteiger partial charge on any atom is 0.405 e. The number of nitrogens with zero attached hydrogens (tertiary/aromatic N) is 1. The Balaban J connectivity index is 2.57. The summed E-state index contributed by atoms with van der Waals surface area (Å²) in [6.07, 6.45) is -0.904. The molecular formula is C12H11FN2O4. The second-order valence-electron chi connectivity index (χ2n) is 3.88. The van der Waals surface area contributed by atoms with Crippen molar-refractivity contribution in [2.45, 2.75) is 19.4 Å². The van der Waals surface area contributed by atoms with Crippen molar-refractivity contribution < 1.29 is 18.7 Å². The van der Waals surface area contributed by atoms with Crippen LogP contribution in [-0.2, 0) is 0 Å². The Hall–Kier alpha value is -2.44. The highest BCUT2D eigenvalue weighted by Crippen LogP contribution is 2.17. The summed E-state index contributed by atoms with van der Waals surface area (Å²) in [6.45, 7) is 1.71. The molecule has 1 atom stereocenters. The van der Waals surface area contributed by atoms with Gasteiger partial charge in [-0.2, -0.15) is 0 Å². The molecule has 0 aliphatic carbocycles. The van der Waals surface area contributed by atoms with Crippen molar-refractivity contribution in [3.8, 4) is 0 Å². The number of amides is 1. The molecule has 0 bridgehead atoms. The van der Waals surface area contributed by atoms with E-state index in [1.807, 2.05) is 0 Å². The van der Waals surface area contributed by atoms with Crippen LogP contribution < -0.4 is 10.9 Å². The van der Waals surface area contributed by atoms with Crippen LogP contribution >= 0.6 is 0 Å². The Morgan fingerprint density at radius 2 is 2.32 bits per heavy atom. The van der Waals surface area contributed by atoms with Crippen LogP contribution in [0.1, 0.15) is 25.3 Å². The van der Waals surface area contributed by atoms with E-state index in [9.17, 15) is 14.0 Å². The van der Waals surface area contributed by atoms with E-state index in [1.165, 1.54) is 12.1 Å². The van der Waals surface area contributed by atoms with Gasteiger partial charge in [-0.15, -0.1) is 0 Å². The van der Waals surface area contributed by atoms with Crippen molar-refractivity contribution in [2.75, 3.05) is 0 Å². The van der Waals surface area contributed by atoms with Crippen LogP contribution in [0.15, 0.2) is 27.4 Å². The Kier molecular flexibility index (Phi) is 3.46. The molecule has 0 fully saturated rings. The fourth-order valence-electron chi connectivity index (χ4n) is 1.73. The average molecular weight is 266 g/mol. The largest absolute Gasteiger partial charge is 0.465 e. The lowest BCUT2D eigenvalue weighted by Gasteiger charge is -2.12. The van der Waals surface area contributed by atoms with Crippen LogP contribution in [0.4, 0.5) is 9.18 Å². The molecule has 0 spiro atoms.